The number of hydrogen-bond donors (Lipinski definition) is 3. The van der Waals surface area contributed by atoms with Crippen LogP contribution >= 0.6 is 11.6 Å². The highest BCUT2D eigenvalue weighted by Gasteiger charge is 2.36. The van der Waals surface area contributed by atoms with Crippen LogP contribution in [0.3, 0.4) is 0 Å². The van der Waals surface area contributed by atoms with E-state index in [1.807, 2.05) is 0 Å². The Morgan fingerprint density at radius 1 is 1.07 bits per heavy atom. The number of rotatable bonds is 6. The molecule has 2 aromatic carbocycles. The molecule has 14 heteroatoms. The van der Waals surface area contributed by atoms with Gasteiger partial charge in [0.2, 0.25) is 5.91 Å². The van der Waals surface area contributed by atoms with E-state index in [1.54, 1.807) is 0 Å². The number of alkyl halides is 3. The second-order valence-corrected chi connectivity index (χ2v) is 10.0. The van der Waals surface area contributed by atoms with Crippen LogP contribution < -0.4 is 16.0 Å². The average Bonchev–Trinajstić information content (AvgIpc) is 3.55. The van der Waals surface area contributed by atoms with Crippen molar-refractivity contribution < 1.29 is 41.1 Å². The van der Waals surface area contributed by atoms with Crippen molar-refractivity contribution in [2.45, 2.75) is 37.7 Å². The van der Waals surface area contributed by atoms with E-state index in [0.717, 1.165) is 25.0 Å². The summed E-state index contributed by atoms with van der Waals surface area (Å²) >= 11 is 6.31. The Morgan fingerprint density at radius 3 is 2.56 bits per heavy atom. The fourth-order valence-corrected chi connectivity index (χ4v) is 5.12. The van der Waals surface area contributed by atoms with Gasteiger partial charge in [0.25, 0.3) is 11.8 Å². The lowest BCUT2D eigenvalue weighted by molar-refractivity contribution is -0.137. The summed E-state index contributed by atoms with van der Waals surface area (Å²) in [4.78, 5) is 39.0. The molecule has 8 nitrogen and oxygen atoms in total. The zero-order chi connectivity index (χ0) is 29.5. The number of ether oxygens (including phenoxy) is 1. The molecule has 1 saturated heterocycles. The number of aromatic nitrogens is 1. The minimum Gasteiger partial charge on any atom is -0.376 e. The molecule has 2 aliphatic rings. The number of anilines is 1. The molecule has 41 heavy (non-hydrogen) atoms. The van der Waals surface area contributed by atoms with Gasteiger partial charge in [0.05, 0.1) is 29.1 Å². The smallest absolute Gasteiger partial charge is 0.376 e. The van der Waals surface area contributed by atoms with Gasteiger partial charge in [-0.25, -0.2) is 8.78 Å². The average molecular weight is 597 g/mol. The van der Waals surface area contributed by atoms with Gasteiger partial charge in [0, 0.05) is 29.3 Å². The van der Waals surface area contributed by atoms with Crippen molar-refractivity contribution in [1.29, 1.82) is 0 Å². The fraction of sp³-hybridized carbons (Fsp3) is 0.296. The highest BCUT2D eigenvalue weighted by atomic mass is 35.5. The van der Waals surface area contributed by atoms with Gasteiger partial charge in [0.15, 0.2) is 0 Å². The standard InChI is InChI=1S/C27H22ClF5N4O4/c28-19-4-3-15(29)9-18(19)23-24-20(35-25(39)13-6-14(27(31,32)33)8-16(30)7-13)10-21(37(24)12-22(38)36-23)26(40)34-11-17-2-1-5-41-17/h3-4,6-10,17,23H,1-2,5,11-12H2,(H,34,40)(H,35,39)(H,36,38). The zero-order valence-corrected chi connectivity index (χ0v) is 21.8. The van der Waals surface area contributed by atoms with Crippen LogP contribution in [0.5, 0.6) is 0 Å². The SMILES string of the molecule is O=C1Cn2c(C(=O)NCC3CCCO3)cc(NC(=O)c3cc(F)cc(C(F)(F)F)c3)c2C(c2cc(F)ccc2Cl)N1. The predicted octanol–water partition coefficient (Wildman–Crippen LogP) is 4.82. The highest BCUT2D eigenvalue weighted by Crippen LogP contribution is 2.38. The van der Waals surface area contributed by atoms with Crippen LogP contribution in [0.25, 0.3) is 0 Å². The molecule has 216 valence electrons. The first kappa shape index (κ1) is 28.6. The van der Waals surface area contributed by atoms with Crippen LogP contribution in [0.4, 0.5) is 27.6 Å². The van der Waals surface area contributed by atoms with Crippen molar-refractivity contribution in [3.05, 3.63) is 87.2 Å². The third-order valence-electron chi connectivity index (χ3n) is 6.77. The summed E-state index contributed by atoms with van der Waals surface area (Å²) < 4.78 is 74.8. The number of halogens is 6. The molecule has 2 atom stereocenters. The van der Waals surface area contributed by atoms with E-state index < -0.39 is 52.7 Å². The van der Waals surface area contributed by atoms with Gasteiger partial charge in [-0.2, -0.15) is 13.2 Å². The van der Waals surface area contributed by atoms with Gasteiger partial charge >= 0.3 is 6.18 Å². The number of fused-ring (bicyclic) bond motifs is 1. The molecule has 0 spiro atoms. The van der Waals surface area contributed by atoms with Crippen molar-refractivity contribution in [1.82, 2.24) is 15.2 Å². The predicted molar refractivity (Wildman–Crippen MR) is 136 cm³/mol. The van der Waals surface area contributed by atoms with E-state index in [2.05, 4.69) is 16.0 Å². The first-order chi connectivity index (χ1) is 19.4. The molecule has 3 N–H and O–H groups in total. The number of nitrogens with zero attached hydrogens (tertiary/aromatic N) is 1. The Balaban J connectivity index is 1.57. The number of hydrogen-bond acceptors (Lipinski definition) is 4. The molecular formula is C27H22ClF5N4O4. The van der Waals surface area contributed by atoms with Crippen LogP contribution in [0.2, 0.25) is 5.02 Å². The molecule has 1 fully saturated rings. The first-order valence-corrected chi connectivity index (χ1v) is 12.8. The maximum atomic E-state index is 14.2. The van der Waals surface area contributed by atoms with E-state index in [0.29, 0.717) is 18.7 Å². The molecule has 0 aliphatic carbocycles. The summed E-state index contributed by atoms with van der Waals surface area (Å²) in [7, 11) is 0. The number of carbonyl (C=O) groups excluding carboxylic acids is 3. The Kier molecular flexibility index (Phi) is 7.75. The molecule has 0 saturated carbocycles. The second-order valence-electron chi connectivity index (χ2n) is 9.61. The minimum absolute atomic E-state index is 0.0594. The van der Waals surface area contributed by atoms with E-state index in [4.69, 9.17) is 16.3 Å². The van der Waals surface area contributed by atoms with Gasteiger partial charge in [-0.15, -0.1) is 0 Å². The van der Waals surface area contributed by atoms with Crippen molar-refractivity contribution in [3.63, 3.8) is 0 Å². The van der Waals surface area contributed by atoms with Gasteiger partial charge in [-0.3, -0.25) is 14.4 Å². The van der Waals surface area contributed by atoms with Crippen LogP contribution in [0.1, 0.15) is 56.6 Å². The fourth-order valence-electron chi connectivity index (χ4n) is 4.89. The van der Waals surface area contributed by atoms with Crippen molar-refractivity contribution >= 4 is 35.0 Å². The molecule has 2 aliphatic heterocycles. The quantitative estimate of drug-likeness (QED) is 0.355. The Labute approximate surface area is 234 Å². The monoisotopic (exact) mass is 596 g/mol. The highest BCUT2D eigenvalue weighted by molar-refractivity contribution is 6.31. The number of benzene rings is 2. The number of carbonyl (C=O) groups is 3. The molecule has 5 rings (SSSR count). The van der Waals surface area contributed by atoms with Crippen LogP contribution in [-0.2, 0) is 22.3 Å². The number of amides is 3. The third kappa shape index (κ3) is 6.05. The Hall–Kier alpha value is -3.97. The van der Waals surface area contributed by atoms with Gasteiger partial charge < -0.3 is 25.3 Å². The Bertz CT molecular complexity index is 1530. The van der Waals surface area contributed by atoms with Crippen molar-refractivity contribution in [2.75, 3.05) is 18.5 Å². The van der Waals surface area contributed by atoms with E-state index in [1.165, 1.54) is 16.7 Å². The summed E-state index contributed by atoms with van der Waals surface area (Å²) in [5, 5.41) is 7.87. The minimum atomic E-state index is -4.91. The summed E-state index contributed by atoms with van der Waals surface area (Å²) in [5.74, 6) is -4.25. The molecule has 3 heterocycles. The summed E-state index contributed by atoms with van der Waals surface area (Å²) in [6.07, 6.45) is -3.54. The summed E-state index contributed by atoms with van der Waals surface area (Å²) in [6, 6.07) is 4.88. The van der Waals surface area contributed by atoms with Crippen LogP contribution in [0, 0.1) is 11.6 Å². The van der Waals surface area contributed by atoms with E-state index >= 15 is 0 Å². The summed E-state index contributed by atoms with van der Waals surface area (Å²) in [5.41, 5.74) is -1.93. The summed E-state index contributed by atoms with van der Waals surface area (Å²) in [6.45, 7) is 0.370. The lowest BCUT2D eigenvalue weighted by Gasteiger charge is -2.29. The van der Waals surface area contributed by atoms with Crippen LogP contribution in [0.15, 0.2) is 42.5 Å². The van der Waals surface area contributed by atoms with Crippen molar-refractivity contribution in [2.24, 2.45) is 0 Å². The molecule has 0 radical (unpaired) electrons. The van der Waals surface area contributed by atoms with Crippen LogP contribution in [-0.4, -0.2) is 41.5 Å². The van der Waals surface area contributed by atoms with E-state index in [9.17, 15) is 36.3 Å². The van der Waals surface area contributed by atoms with Gasteiger partial charge in [-0.1, -0.05) is 11.6 Å². The third-order valence-corrected chi connectivity index (χ3v) is 7.11. The molecule has 1 aromatic heterocycles. The largest absolute Gasteiger partial charge is 0.416 e. The molecule has 2 unspecified atom stereocenters. The van der Waals surface area contributed by atoms with Crippen molar-refractivity contribution in [3.8, 4) is 0 Å². The molecule has 0 bridgehead atoms. The number of nitrogens with one attached hydrogen (secondary N) is 3. The normalized spacial score (nSPS) is 18.5. The maximum absolute atomic E-state index is 14.2. The van der Waals surface area contributed by atoms with E-state index in [-0.39, 0.29) is 52.9 Å². The molecule has 3 amide bonds. The first-order valence-electron chi connectivity index (χ1n) is 12.5. The van der Waals surface area contributed by atoms with Gasteiger partial charge in [0.1, 0.15) is 23.9 Å². The topological polar surface area (TPSA) is 101 Å². The molecule has 3 aromatic rings. The Morgan fingerprint density at radius 2 is 1.85 bits per heavy atom. The lowest BCUT2D eigenvalue weighted by Crippen LogP contribution is -2.41. The second kappa shape index (κ2) is 11.1. The zero-order valence-electron chi connectivity index (χ0n) is 21.1. The molecular weight excluding hydrogens is 575 g/mol. The van der Waals surface area contributed by atoms with Gasteiger partial charge in [-0.05, 0) is 55.3 Å². The lowest BCUT2D eigenvalue weighted by atomic mass is 10.0. The maximum Gasteiger partial charge on any atom is 0.416 e.